The van der Waals surface area contributed by atoms with Gasteiger partial charge in [0.15, 0.2) is 6.19 Å². The van der Waals surface area contributed by atoms with E-state index >= 15 is 0 Å². The van der Waals surface area contributed by atoms with E-state index in [2.05, 4.69) is 12.2 Å². The quantitative estimate of drug-likeness (QED) is 0.645. The lowest BCUT2D eigenvalue weighted by Gasteiger charge is -2.13. The normalized spacial score (nSPS) is 9.94. The van der Waals surface area contributed by atoms with Gasteiger partial charge in [0.1, 0.15) is 5.75 Å². The molecule has 0 saturated carbocycles. The second-order valence-electron chi connectivity index (χ2n) is 3.75. The van der Waals surface area contributed by atoms with E-state index in [1.54, 1.807) is 7.11 Å². The summed E-state index contributed by atoms with van der Waals surface area (Å²) in [7, 11) is 1.67. The van der Waals surface area contributed by atoms with Crippen molar-refractivity contribution in [3.63, 3.8) is 0 Å². The van der Waals surface area contributed by atoms with Crippen LogP contribution in [0.5, 0.6) is 5.75 Å². The molecule has 0 aromatic heterocycles. The summed E-state index contributed by atoms with van der Waals surface area (Å²) in [6.45, 7) is 2.06. The summed E-state index contributed by atoms with van der Waals surface area (Å²) in [6, 6.07) is 9.91. The third-order valence-corrected chi connectivity index (χ3v) is 2.87. The first-order valence-electron chi connectivity index (χ1n) is 5.55. The molecule has 1 N–H and O–H groups in total. The van der Waals surface area contributed by atoms with Gasteiger partial charge in [-0.05, 0) is 18.1 Å². The largest absolute Gasteiger partial charge is 0.496 e. The maximum Gasteiger partial charge on any atom is 0.181 e. The molecule has 0 bridgehead atoms. The number of aryl methyl sites for hydroxylation is 1. The molecule has 2 aromatic carbocycles. The Morgan fingerprint density at radius 3 is 2.59 bits per heavy atom. The number of hydrogen-bond acceptors (Lipinski definition) is 3. The van der Waals surface area contributed by atoms with Crippen molar-refractivity contribution < 1.29 is 4.74 Å². The minimum Gasteiger partial charge on any atom is -0.496 e. The molecular weight excluding hydrogens is 212 g/mol. The lowest BCUT2D eigenvalue weighted by atomic mass is 10.0. The van der Waals surface area contributed by atoms with Crippen molar-refractivity contribution in [3.05, 3.63) is 35.9 Å². The van der Waals surface area contributed by atoms with E-state index in [0.29, 0.717) is 0 Å². The first-order valence-corrected chi connectivity index (χ1v) is 5.55. The molecule has 0 aliphatic carbocycles. The molecular formula is C14H14N2O. The van der Waals surface area contributed by atoms with Crippen LogP contribution in [0.15, 0.2) is 30.3 Å². The van der Waals surface area contributed by atoms with E-state index < -0.39 is 0 Å². The van der Waals surface area contributed by atoms with Crippen LogP contribution in [0.2, 0.25) is 0 Å². The smallest absolute Gasteiger partial charge is 0.181 e. The molecule has 0 spiro atoms. The first kappa shape index (κ1) is 11.3. The Balaban J connectivity index is 2.81. The summed E-state index contributed by atoms with van der Waals surface area (Å²) in [5.41, 5.74) is 1.97. The van der Waals surface area contributed by atoms with Gasteiger partial charge >= 0.3 is 0 Å². The van der Waals surface area contributed by atoms with Crippen LogP contribution in [0.3, 0.4) is 0 Å². The topological polar surface area (TPSA) is 45.0 Å². The fraction of sp³-hybridized carbons (Fsp3) is 0.214. The minimum absolute atomic E-state index is 0.848. The average molecular weight is 226 g/mol. The van der Waals surface area contributed by atoms with Crippen molar-refractivity contribution in [1.29, 1.82) is 5.26 Å². The number of nitriles is 1. The average Bonchev–Trinajstić information content (AvgIpc) is 2.39. The highest BCUT2D eigenvalue weighted by Gasteiger charge is 2.10. The van der Waals surface area contributed by atoms with Gasteiger partial charge in [-0.2, -0.15) is 5.26 Å². The number of hydrogen-bond donors (Lipinski definition) is 1. The van der Waals surface area contributed by atoms with E-state index in [4.69, 9.17) is 10.00 Å². The Hall–Kier alpha value is -2.21. The third kappa shape index (κ3) is 1.90. The van der Waals surface area contributed by atoms with Crippen LogP contribution in [-0.2, 0) is 6.42 Å². The molecule has 0 atom stereocenters. The monoisotopic (exact) mass is 226 g/mol. The van der Waals surface area contributed by atoms with Crippen molar-refractivity contribution in [1.82, 2.24) is 0 Å². The number of methoxy groups -OCH3 is 1. The highest BCUT2D eigenvalue weighted by Crippen LogP contribution is 2.35. The molecule has 0 heterocycles. The molecule has 0 radical (unpaired) electrons. The molecule has 0 fully saturated rings. The lowest BCUT2D eigenvalue weighted by Crippen LogP contribution is -1.97. The Kier molecular flexibility index (Phi) is 3.15. The number of fused-ring (bicyclic) bond motifs is 1. The van der Waals surface area contributed by atoms with Gasteiger partial charge in [0, 0.05) is 10.8 Å². The van der Waals surface area contributed by atoms with Gasteiger partial charge in [0.05, 0.1) is 12.8 Å². The standard InChI is InChI=1S/C14H14N2O/c1-3-10-8-13(17-2)11-6-4-5-7-12(11)14(10)16-9-15/h4-8,16H,3H2,1-2H3. The minimum atomic E-state index is 0.848. The number of ether oxygens (including phenoxy) is 1. The fourth-order valence-electron chi connectivity index (χ4n) is 2.05. The zero-order valence-electron chi connectivity index (χ0n) is 9.95. The summed E-state index contributed by atoms with van der Waals surface area (Å²) in [6.07, 6.45) is 2.85. The fourth-order valence-corrected chi connectivity index (χ4v) is 2.05. The van der Waals surface area contributed by atoms with E-state index in [9.17, 15) is 0 Å². The predicted molar refractivity (Wildman–Crippen MR) is 69.1 cm³/mol. The Labute approximate surface area is 101 Å². The van der Waals surface area contributed by atoms with E-state index in [-0.39, 0.29) is 0 Å². The molecule has 0 amide bonds. The number of rotatable bonds is 3. The van der Waals surface area contributed by atoms with E-state index in [0.717, 1.165) is 34.2 Å². The molecule has 0 aliphatic rings. The molecule has 3 nitrogen and oxygen atoms in total. The number of nitrogens with zero attached hydrogens (tertiary/aromatic N) is 1. The molecule has 3 heteroatoms. The van der Waals surface area contributed by atoms with Crippen molar-refractivity contribution in [2.75, 3.05) is 12.4 Å². The zero-order valence-corrected chi connectivity index (χ0v) is 9.95. The lowest BCUT2D eigenvalue weighted by molar-refractivity contribution is 0.419. The van der Waals surface area contributed by atoms with Gasteiger partial charge in [-0.25, -0.2) is 0 Å². The van der Waals surface area contributed by atoms with Crippen LogP contribution in [-0.4, -0.2) is 7.11 Å². The first-order chi connectivity index (χ1) is 8.31. The van der Waals surface area contributed by atoms with Crippen LogP contribution in [0.25, 0.3) is 10.8 Å². The maximum atomic E-state index is 8.83. The van der Waals surface area contributed by atoms with Crippen LogP contribution in [0.4, 0.5) is 5.69 Å². The van der Waals surface area contributed by atoms with Gasteiger partial charge in [-0.15, -0.1) is 0 Å². The summed E-state index contributed by atoms with van der Waals surface area (Å²) in [5, 5.41) is 13.6. The molecule has 0 saturated heterocycles. The van der Waals surface area contributed by atoms with Gasteiger partial charge in [0.2, 0.25) is 0 Å². The molecule has 17 heavy (non-hydrogen) atoms. The van der Waals surface area contributed by atoms with Gasteiger partial charge in [-0.3, -0.25) is 5.32 Å². The third-order valence-electron chi connectivity index (χ3n) is 2.87. The summed E-state index contributed by atoms with van der Waals surface area (Å²) >= 11 is 0. The van der Waals surface area contributed by atoms with Gasteiger partial charge in [-0.1, -0.05) is 31.2 Å². The Bertz CT molecular complexity index is 585. The van der Waals surface area contributed by atoms with Crippen LogP contribution < -0.4 is 10.1 Å². The SMILES string of the molecule is CCc1cc(OC)c2ccccc2c1NC#N. The molecule has 86 valence electrons. The van der Waals surface area contributed by atoms with Crippen molar-refractivity contribution in [2.24, 2.45) is 0 Å². The summed E-state index contributed by atoms with van der Waals surface area (Å²) in [5.74, 6) is 0.848. The van der Waals surface area contributed by atoms with Crippen molar-refractivity contribution >= 4 is 16.5 Å². The van der Waals surface area contributed by atoms with Crippen molar-refractivity contribution in [2.45, 2.75) is 13.3 Å². The van der Waals surface area contributed by atoms with Crippen LogP contribution in [0, 0.1) is 11.5 Å². The predicted octanol–water partition coefficient (Wildman–Crippen LogP) is 3.30. The Morgan fingerprint density at radius 2 is 2.00 bits per heavy atom. The molecule has 0 aliphatic heterocycles. The van der Waals surface area contributed by atoms with Crippen molar-refractivity contribution in [3.8, 4) is 11.9 Å². The van der Waals surface area contributed by atoms with E-state index in [1.165, 1.54) is 0 Å². The van der Waals surface area contributed by atoms with Crippen LogP contribution in [0.1, 0.15) is 12.5 Å². The van der Waals surface area contributed by atoms with Gasteiger partial charge < -0.3 is 4.74 Å². The molecule has 2 rings (SSSR count). The molecule has 0 unspecified atom stereocenters. The van der Waals surface area contributed by atoms with E-state index in [1.807, 2.05) is 36.5 Å². The summed E-state index contributed by atoms with van der Waals surface area (Å²) in [4.78, 5) is 0. The highest BCUT2D eigenvalue weighted by molar-refractivity contribution is 6.00. The summed E-state index contributed by atoms with van der Waals surface area (Å²) < 4.78 is 5.39. The van der Waals surface area contributed by atoms with Crippen LogP contribution >= 0.6 is 0 Å². The second-order valence-corrected chi connectivity index (χ2v) is 3.75. The number of anilines is 1. The number of benzene rings is 2. The Morgan fingerprint density at radius 1 is 1.29 bits per heavy atom. The zero-order chi connectivity index (χ0) is 12.3. The second kappa shape index (κ2) is 4.75. The maximum absolute atomic E-state index is 8.83. The number of nitrogens with one attached hydrogen (secondary N) is 1. The highest BCUT2D eigenvalue weighted by atomic mass is 16.5. The van der Waals surface area contributed by atoms with Gasteiger partial charge in [0.25, 0.3) is 0 Å². The molecule has 2 aromatic rings.